The van der Waals surface area contributed by atoms with Crippen LogP contribution in [0.15, 0.2) is 83.1 Å². The second-order valence-corrected chi connectivity index (χ2v) is 7.82. The number of ether oxygens (including phenoxy) is 1. The Bertz CT molecular complexity index is 1040. The third-order valence-electron chi connectivity index (χ3n) is 4.89. The predicted molar refractivity (Wildman–Crippen MR) is 124 cm³/mol. The number of amides is 2. The van der Waals surface area contributed by atoms with Gasteiger partial charge in [0.25, 0.3) is 11.8 Å². The molecule has 3 aromatic rings. The van der Waals surface area contributed by atoms with Crippen molar-refractivity contribution in [2.24, 2.45) is 5.92 Å². The number of benzene rings is 2. The van der Waals surface area contributed by atoms with Gasteiger partial charge in [-0.3, -0.25) is 9.59 Å². The molecule has 2 N–H and O–H groups in total. The van der Waals surface area contributed by atoms with Gasteiger partial charge in [0.05, 0.1) is 19.4 Å². The van der Waals surface area contributed by atoms with Gasteiger partial charge < -0.3 is 19.8 Å². The summed E-state index contributed by atoms with van der Waals surface area (Å²) in [6.07, 6.45) is 3.77. The molecule has 0 aliphatic rings. The highest BCUT2D eigenvalue weighted by molar-refractivity contribution is 6.05. The lowest BCUT2D eigenvalue weighted by atomic mass is 9.96. The largest absolute Gasteiger partial charge is 0.497 e. The smallest absolute Gasteiger partial charge is 0.268 e. The summed E-state index contributed by atoms with van der Waals surface area (Å²) < 4.78 is 10.6. The van der Waals surface area contributed by atoms with Gasteiger partial charge in [0.1, 0.15) is 17.2 Å². The summed E-state index contributed by atoms with van der Waals surface area (Å²) >= 11 is 0. The fourth-order valence-corrected chi connectivity index (χ4v) is 3.28. The number of carbonyl (C=O) groups is 2. The number of carbonyl (C=O) groups excluding carboxylic acids is 2. The van der Waals surface area contributed by atoms with Gasteiger partial charge in [-0.15, -0.1) is 0 Å². The summed E-state index contributed by atoms with van der Waals surface area (Å²) in [5, 5.41) is 5.80. The van der Waals surface area contributed by atoms with Crippen LogP contribution in [0.1, 0.15) is 48.0 Å². The van der Waals surface area contributed by atoms with E-state index in [-0.39, 0.29) is 17.6 Å². The Kier molecular flexibility index (Phi) is 7.86. The minimum absolute atomic E-state index is 0.107. The van der Waals surface area contributed by atoms with Gasteiger partial charge in [-0.2, -0.15) is 0 Å². The SMILES string of the molecule is COc1ccc(C(CC(C)C)NC(=O)/C(=C/c2ccco2)NC(=O)c2ccccc2)cc1. The monoisotopic (exact) mass is 432 g/mol. The molecule has 2 aromatic carbocycles. The molecule has 1 heterocycles. The van der Waals surface area contributed by atoms with Crippen LogP contribution in [0.25, 0.3) is 6.08 Å². The molecule has 3 rings (SSSR count). The normalized spacial score (nSPS) is 12.3. The van der Waals surface area contributed by atoms with Crippen molar-refractivity contribution in [2.75, 3.05) is 7.11 Å². The summed E-state index contributed by atoms with van der Waals surface area (Å²) in [5.74, 6) is 0.791. The summed E-state index contributed by atoms with van der Waals surface area (Å²) in [4.78, 5) is 26.0. The highest BCUT2D eigenvalue weighted by atomic mass is 16.5. The van der Waals surface area contributed by atoms with Gasteiger partial charge in [-0.25, -0.2) is 0 Å². The van der Waals surface area contributed by atoms with Crippen LogP contribution in [-0.4, -0.2) is 18.9 Å². The molecule has 0 saturated heterocycles. The number of rotatable bonds is 9. The van der Waals surface area contributed by atoms with Crippen LogP contribution in [0, 0.1) is 5.92 Å². The number of methoxy groups -OCH3 is 1. The molecule has 0 spiro atoms. The van der Waals surface area contributed by atoms with Crippen molar-refractivity contribution in [3.05, 3.63) is 95.6 Å². The zero-order chi connectivity index (χ0) is 22.9. The maximum atomic E-state index is 13.3. The van der Waals surface area contributed by atoms with E-state index in [0.29, 0.717) is 17.2 Å². The first-order valence-electron chi connectivity index (χ1n) is 10.5. The Balaban J connectivity index is 1.85. The zero-order valence-electron chi connectivity index (χ0n) is 18.5. The maximum Gasteiger partial charge on any atom is 0.268 e. The first-order chi connectivity index (χ1) is 15.5. The van der Waals surface area contributed by atoms with E-state index in [9.17, 15) is 9.59 Å². The molecule has 0 saturated carbocycles. The fraction of sp³-hybridized carbons (Fsp3) is 0.231. The van der Waals surface area contributed by atoms with Crippen LogP contribution in [-0.2, 0) is 4.79 Å². The van der Waals surface area contributed by atoms with Gasteiger partial charge in [0, 0.05) is 11.6 Å². The van der Waals surface area contributed by atoms with Crippen LogP contribution in [0.4, 0.5) is 0 Å². The molecular weight excluding hydrogens is 404 g/mol. The van der Waals surface area contributed by atoms with Crippen LogP contribution < -0.4 is 15.4 Å². The van der Waals surface area contributed by atoms with E-state index in [1.807, 2.05) is 30.3 Å². The molecule has 0 radical (unpaired) electrons. The second kappa shape index (κ2) is 11.0. The van der Waals surface area contributed by atoms with Crippen molar-refractivity contribution in [2.45, 2.75) is 26.3 Å². The standard InChI is InChI=1S/C26H28N2O4/c1-18(2)16-23(19-11-13-21(31-3)14-12-19)27-26(30)24(17-22-10-7-15-32-22)28-25(29)20-8-5-4-6-9-20/h4-15,17-18,23H,16H2,1-3H3,(H,27,30)(H,28,29)/b24-17-. The van der Waals surface area contributed by atoms with Crippen LogP contribution >= 0.6 is 0 Å². The van der Waals surface area contributed by atoms with Gasteiger partial charge in [0.15, 0.2) is 0 Å². The molecule has 6 nitrogen and oxygen atoms in total. The molecule has 0 aliphatic heterocycles. The van der Waals surface area contributed by atoms with Crippen LogP contribution in [0.2, 0.25) is 0 Å². The average molecular weight is 433 g/mol. The van der Waals surface area contributed by atoms with Crippen molar-refractivity contribution >= 4 is 17.9 Å². The van der Waals surface area contributed by atoms with Crippen molar-refractivity contribution in [1.82, 2.24) is 10.6 Å². The molecule has 166 valence electrons. The topological polar surface area (TPSA) is 80.6 Å². The van der Waals surface area contributed by atoms with E-state index in [2.05, 4.69) is 24.5 Å². The molecule has 1 unspecified atom stereocenters. The van der Waals surface area contributed by atoms with E-state index in [0.717, 1.165) is 17.7 Å². The van der Waals surface area contributed by atoms with Crippen molar-refractivity contribution in [3.63, 3.8) is 0 Å². The third-order valence-corrected chi connectivity index (χ3v) is 4.89. The van der Waals surface area contributed by atoms with Crippen molar-refractivity contribution < 1.29 is 18.7 Å². The van der Waals surface area contributed by atoms with Gasteiger partial charge in [-0.05, 0) is 54.3 Å². The summed E-state index contributed by atoms with van der Waals surface area (Å²) in [5.41, 5.74) is 1.52. The minimum Gasteiger partial charge on any atom is -0.497 e. The lowest BCUT2D eigenvalue weighted by Gasteiger charge is -2.22. The number of nitrogens with one attached hydrogen (secondary N) is 2. The molecule has 0 fully saturated rings. The number of hydrogen-bond donors (Lipinski definition) is 2. The molecule has 1 atom stereocenters. The second-order valence-electron chi connectivity index (χ2n) is 7.82. The van der Waals surface area contributed by atoms with Gasteiger partial charge >= 0.3 is 0 Å². The van der Waals surface area contributed by atoms with Crippen LogP contribution in [0.3, 0.4) is 0 Å². The van der Waals surface area contributed by atoms with E-state index in [4.69, 9.17) is 9.15 Å². The molecular formula is C26H28N2O4. The molecule has 32 heavy (non-hydrogen) atoms. The number of furan rings is 1. The average Bonchev–Trinajstić information content (AvgIpc) is 3.31. The highest BCUT2D eigenvalue weighted by Crippen LogP contribution is 2.24. The Hall–Kier alpha value is -3.80. The first kappa shape index (κ1) is 22.9. The van der Waals surface area contributed by atoms with E-state index in [1.165, 1.54) is 12.3 Å². The van der Waals surface area contributed by atoms with E-state index < -0.39 is 5.91 Å². The summed E-state index contributed by atoms with van der Waals surface area (Å²) in [7, 11) is 1.61. The molecule has 6 heteroatoms. The van der Waals surface area contributed by atoms with Gasteiger partial charge in [-0.1, -0.05) is 44.2 Å². The third kappa shape index (κ3) is 6.35. The van der Waals surface area contributed by atoms with Crippen molar-refractivity contribution in [3.8, 4) is 5.75 Å². The Morgan fingerprint density at radius 2 is 1.72 bits per heavy atom. The highest BCUT2D eigenvalue weighted by Gasteiger charge is 2.21. The zero-order valence-corrected chi connectivity index (χ0v) is 18.5. The molecule has 0 aliphatic carbocycles. The first-order valence-corrected chi connectivity index (χ1v) is 10.5. The lowest BCUT2D eigenvalue weighted by molar-refractivity contribution is -0.118. The van der Waals surface area contributed by atoms with E-state index in [1.54, 1.807) is 43.5 Å². The summed E-state index contributed by atoms with van der Waals surface area (Å²) in [6.45, 7) is 4.19. The Morgan fingerprint density at radius 3 is 2.31 bits per heavy atom. The lowest BCUT2D eigenvalue weighted by Crippen LogP contribution is -2.37. The Labute approximate surface area is 188 Å². The van der Waals surface area contributed by atoms with Gasteiger partial charge in [0.2, 0.25) is 0 Å². The molecule has 1 aromatic heterocycles. The number of hydrogen-bond acceptors (Lipinski definition) is 4. The fourth-order valence-electron chi connectivity index (χ4n) is 3.28. The quantitative estimate of drug-likeness (QED) is 0.468. The summed E-state index contributed by atoms with van der Waals surface area (Å²) in [6, 6.07) is 19.6. The van der Waals surface area contributed by atoms with Crippen molar-refractivity contribution in [1.29, 1.82) is 0 Å². The molecule has 0 bridgehead atoms. The predicted octanol–water partition coefficient (Wildman–Crippen LogP) is 4.96. The van der Waals surface area contributed by atoms with E-state index >= 15 is 0 Å². The Morgan fingerprint density at radius 1 is 1.00 bits per heavy atom. The minimum atomic E-state index is -0.396. The maximum absolute atomic E-state index is 13.3. The van der Waals surface area contributed by atoms with Crippen LogP contribution in [0.5, 0.6) is 5.75 Å². The molecule has 2 amide bonds.